The van der Waals surface area contributed by atoms with Crippen molar-refractivity contribution >= 4 is 0 Å². The monoisotopic (exact) mass is 275 g/mol. The van der Waals surface area contributed by atoms with Crippen LogP contribution >= 0.6 is 0 Å². The van der Waals surface area contributed by atoms with Gasteiger partial charge < -0.3 is 5.32 Å². The van der Waals surface area contributed by atoms with Crippen molar-refractivity contribution in [2.75, 3.05) is 6.54 Å². The van der Waals surface area contributed by atoms with Crippen LogP contribution in [0.2, 0.25) is 0 Å². The van der Waals surface area contributed by atoms with Crippen molar-refractivity contribution in [1.82, 2.24) is 5.32 Å². The van der Waals surface area contributed by atoms with E-state index in [0.717, 1.165) is 41.5 Å². The van der Waals surface area contributed by atoms with Gasteiger partial charge in [-0.15, -0.1) is 0 Å². The zero-order valence-corrected chi connectivity index (χ0v) is 13.3. The van der Waals surface area contributed by atoms with Crippen LogP contribution in [0.5, 0.6) is 0 Å². The van der Waals surface area contributed by atoms with E-state index in [1.54, 1.807) is 19.3 Å². The van der Waals surface area contributed by atoms with Crippen molar-refractivity contribution in [3.8, 4) is 0 Å². The third-order valence-electron chi connectivity index (χ3n) is 7.43. The Morgan fingerprint density at radius 3 is 2.60 bits per heavy atom. The molecule has 0 heterocycles. The number of hydrogen-bond donors (Lipinski definition) is 1. The molecule has 0 aromatic carbocycles. The Labute approximate surface area is 125 Å². The van der Waals surface area contributed by atoms with Gasteiger partial charge in [-0.25, -0.2) is 0 Å². The molecule has 4 aliphatic rings. The lowest BCUT2D eigenvalue weighted by molar-refractivity contribution is 0.201. The molecule has 4 saturated carbocycles. The topological polar surface area (TPSA) is 12.0 Å². The van der Waals surface area contributed by atoms with Gasteiger partial charge in [-0.3, -0.25) is 0 Å². The Morgan fingerprint density at radius 1 is 0.850 bits per heavy atom. The summed E-state index contributed by atoms with van der Waals surface area (Å²) in [4.78, 5) is 0. The summed E-state index contributed by atoms with van der Waals surface area (Å²) in [7, 11) is 0. The maximum atomic E-state index is 3.99. The minimum atomic E-state index is 0.903. The van der Waals surface area contributed by atoms with E-state index in [1.165, 1.54) is 51.5 Å². The van der Waals surface area contributed by atoms with Gasteiger partial charge in [0.05, 0.1) is 0 Å². The highest BCUT2D eigenvalue weighted by molar-refractivity contribution is 5.05. The van der Waals surface area contributed by atoms with Crippen molar-refractivity contribution < 1.29 is 0 Å². The molecule has 7 unspecified atom stereocenters. The van der Waals surface area contributed by atoms with E-state index in [2.05, 4.69) is 12.2 Å². The second-order valence-corrected chi connectivity index (χ2v) is 8.64. The molecule has 0 aromatic heterocycles. The van der Waals surface area contributed by atoms with E-state index in [-0.39, 0.29) is 0 Å². The second kappa shape index (κ2) is 5.63. The fourth-order valence-corrected chi connectivity index (χ4v) is 6.60. The summed E-state index contributed by atoms with van der Waals surface area (Å²) in [5.74, 6) is 6.48. The zero-order chi connectivity index (χ0) is 13.5. The van der Waals surface area contributed by atoms with Gasteiger partial charge in [0.2, 0.25) is 0 Å². The average Bonchev–Trinajstić information content (AvgIpc) is 3.11. The Balaban J connectivity index is 1.23. The van der Waals surface area contributed by atoms with Crippen molar-refractivity contribution in [2.45, 2.75) is 77.2 Å². The van der Waals surface area contributed by atoms with Crippen LogP contribution in [0, 0.1) is 35.5 Å². The van der Waals surface area contributed by atoms with Gasteiger partial charge in [0.1, 0.15) is 0 Å². The minimum absolute atomic E-state index is 0.903. The largest absolute Gasteiger partial charge is 0.314 e. The summed E-state index contributed by atoms with van der Waals surface area (Å²) in [6.45, 7) is 3.76. The molecule has 1 nitrogen and oxygen atoms in total. The number of nitrogens with one attached hydrogen (secondary N) is 1. The highest BCUT2D eigenvalue weighted by Gasteiger charge is 2.53. The Kier molecular flexibility index (Phi) is 3.83. The summed E-state index contributed by atoms with van der Waals surface area (Å²) in [6, 6.07) is 0.903. The third kappa shape index (κ3) is 2.45. The van der Waals surface area contributed by atoms with Crippen LogP contribution in [-0.2, 0) is 0 Å². The molecule has 4 fully saturated rings. The van der Waals surface area contributed by atoms with E-state index < -0.39 is 0 Å². The molecule has 0 aromatic rings. The summed E-state index contributed by atoms with van der Waals surface area (Å²) in [6.07, 6.45) is 15.2. The summed E-state index contributed by atoms with van der Waals surface area (Å²) in [5.41, 5.74) is 0. The predicted octanol–water partition coefficient (Wildman–Crippen LogP) is 4.62. The third-order valence-corrected chi connectivity index (χ3v) is 7.43. The summed E-state index contributed by atoms with van der Waals surface area (Å²) >= 11 is 0. The van der Waals surface area contributed by atoms with Crippen LogP contribution in [-0.4, -0.2) is 12.6 Å². The molecule has 4 aliphatic carbocycles. The maximum Gasteiger partial charge on any atom is 0.0101 e. The first-order chi connectivity index (χ1) is 9.81. The minimum Gasteiger partial charge on any atom is -0.314 e. The van der Waals surface area contributed by atoms with Crippen molar-refractivity contribution in [3.05, 3.63) is 0 Å². The molecule has 4 rings (SSSR count). The smallest absolute Gasteiger partial charge is 0.0101 e. The Hall–Kier alpha value is -0.0400. The fraction of sp³-hybridized carbons (Fsp3) is 1.00. The molecule has 0 saturated heterocycles. The molecule has 7 atom stereocenters. The number of hydrogen-bond acceptors (Lipinski definition) is 1. The number of fused-ring (bicyclic) bond motifs is 5. The molecule has 1 heteroatoms. The van der Waals surface area contributed by atoms with Crippen molar-refractivity contribution in [1.29, 1.82) is 0 Å². The molecule has 0 radical (unpaired) electrons. The van der Waals surface area contributed by atoms with Crippen LogP contribution in [0.25, 0.3) is 0 Å². The van der Waals surface area contributed by atoms with Gasteiger partial charge in [-0.2, -0.15) is 0 Å². The fourth-order valence-electron chi connectivity index (χ4n) is 6.60. The molecule has 20 heavy (non-hydrogen) atoms. The first-order valence-electron chi connectivity index (χ1n) is 9.54. The summed E-state index contributed by atoms with van der Waals surface area (Å²) < 4.78 is 0. The van der Waals surface area contributed by atoms with Crippen LogP contribution in [0.3, 0.4) is 0 Å². The average molecular weight is 275 g/mol. The van der Waals surface area contributed by atoms with Gasteiger partial charge in [0.25, 0.3) is 0 Å². The Morgan fingerprint density at radius 2 is 1.70 bits per heavy atom. The molecular weight excluding hydrogens is 242 g/mol. The number of rotatable bonds is 4. The first kappa shape index (κ1) is 13.6. The van der Waals surface area contributed by atoms with Gasteiger partial charge in [0, 0.05) is 6.04 Å². The van der Waals surface area contributed by atoms with Crippen LogP contribution < -0.4 is 5.32 Å². The van der Waals surface area contributed by atoms with Gasteiger partial charge in [0.15, 0.2) is 0 Å². The quantitative estimate of drug-likeness (QED) is 0.789. The van der Waals surface area contributed by atoms with Crippen molar-refractivity contribution in [3.63, 3.8) is 0 Å². The molecular formula is C19H33N. The Bertz CT molecular complexity index is 339. The lowest BCUT2D eigenvalue weighted by atomic mass is 9.78. The van der Waals surface area contributed by atoms with Crippen LogP contribution in [0.15, 0.2) is 0 Å². The van der Waals surface area contributed by atoms with E-state index in [9.17, 15) is 0 Å². The SMILES string of the molecule is CC1CCCC(CCNC2CC3CC2C2CCCC32)C1. The van der Waals surface area contributed by atoms with Gasteiger partial charge in [-0.05, 0) is 80.6 Å². The second-order valence-electron chi connectivity index (χ2n) is 8.64. The van der Waals surface area contributed by atoms with E-state index in [1.807, 2.05) is 0 Å². The van der Waals surface area contributed by atoms with Gasteiger partial charge in [-0.1, -0.05) is 32.6 Å². The molecule has 2 bridgehead atoms. The summed E-state index contributed by atoms with van der Waals surface area (Å²) in [5, 5.41) is 3.99. The molecule has 1 N–H and O–H groups in total. The normalized spacial score (nSPS) is 50.5. The molecule has 0 amide bonds. The van der Waals surface area contributed by atoms with Crippen LogP contribution in [0.1, 0.15) is 71.1 Å². The lowest BCUT2D eigenvalue weighted by Crippen LogP contribution is -2.40. The molecule has 0 aliphatic heterocycles. The maximum absolute atomic E-state index is 3.99. The lowest BCUT2D eigenvalue weighted by Gasteiger charge is -2.33. The highest BCUT2D eigenvalue weighted by atomic mass is 14.9. The first-order valence-corrected chi connectivity index (χ1v) is 9.54. The van der Waals surface area contributed by atoms with E-state index in [4.69, 9.17) is 0 Å². The van der Waals surface area contributed by atoms with Crippen LogP contribution in [0.4, 0.5) is 0 Å². The standard InChI is InChI=1S/C19H33N/c1-13-4-2-5-14(10-13)8-9-20-19-12-15-11-18(19)17-7-3-6-16(15)17/h13-20H,2-12H2,1H3. The predicted molar refractivity (Wildman–Crippen MR) is 84.6 cm³/mol. The molecule has 0 spiro atoms. The van der Waals surface area contributed by atoms with E-state index >= 15 is 0 Å². The zero-order valence-electron chi connectivity index (χ0n) is 13.3. The van der Waals surface area contributed by atoms with Gasteiger partial charge >= 0.3 is 0 Å². The van der Waals surface area contributed by atoms with E-state index in [0.29, 0.717) is 0 Å². The molecule has 114 valence electrons. The van der Waals surface area contributed by atoms with Crippen molar-refractivity contribution in [2.24, 2.45) is 35.5 Å². The highest BCUT2D eigenvalue weighted by Crippen LogP contribution is 2.58.